The summed E-state index contributed by atoms with van der Waals surface area (Å²) in [4.78, 5) is 53.6. The van der Waals surface area contributed by atoms with Crippen molar-refractivity contribution in [1.29, 1.82) is 0 Å². The number of benzene rings is 7. The Hall–Kier alpha value is -9.30. The number of esters is 2. The van der Waals surface area contributed by atoms with Crippen molar-refractivity contribution in [3.63, 3.8) is 0 Å². The molecule has 2 aromatic heterocycles. The van der Waals surface area contributed by atoms with Crippen LogP contribution in [0.4, 0.5) is 0 Å². The third-order valence-corrected chi connectivity index (χ3v) is 10.0. The molecule has 0 saturated carbocycles. The fraction of sp³-hybridized carbons (Fsp3) is 0.0385. The van der Waals surface area contributed by atoms with Gasteiger partial charge in [0.25, 0.3) is 0 Å². The molecule has 0 aliphatic rings. The number of hydrogen-bond donors (Lipinski definition) is 2. The van der Waals surface area contributed by atoms with Crippen LogP contribution in [0.15, 0.2) is 182 Å². The van der Waals surface area contributed by atoms with Gasteiger partial charge in [-0.15, -0.1) is 0 Å². The van der Waals surface area contributed by atoms with E-state index in [0.29, 0.717) is 34.4 Å². The Labute approximate surface area is 377 Å². The van der Waals surface area contributed by atoms with E-state index < -0.39 is 25.5 Å². The first-order valence-electron chi connectivity index (χ1n) is 20.5. The fourth-order valence-corrected chi connectivity index (χ4v) is 6.65. The molecule has 2 N–H and O–H groups in total. The molecular weight excluding hydrogens is 837 g/mol. The van der Waals surface area contributed by atoms with Crippen molar-refractivity contribution < 1.29 is 38.7 Å². The Morgan fingerprint density at radius 1 is 0.364 bits per heavy atom. The predicted octanol–water partition coefficient (Wildman–Crippen LogP) is 9.86. The molecule has 0 radical (unpaired) electrons. The summed E-state index contributed by atoms with van der Waals surface area (Å²) in [6.45, 7) is -0.924. The van der Waals surface area contributed by atoms with Gasteiger partial charge in [-0.25, -0.2) is 39.5 Å². The lowest BCUT2D eigenvalue weighted by atomic mass is 10.1. The van der Waals surface area contributed by atoms with Crippen LogP contribution < -0.4 is 9.47 Å². The SMILES string of the molecule is O=C(OCOc1ccc(-c2nc(-c3ccccc3)nc(-c3ccccc3)n2)c(O)c1)c1ccc(C(=O)OCOc2ccc(-c3nc(-c4ccccc4)nc(-c4ccccc4)n3)c(O)c2)cc1. The maximum Gasteiger partial charge on any atom is 0.340 e. The summed E-state index contributed by atoms with van der Waals surface area (Å²) in [5, 5.41) is 22.0. The molecule has 66 heavy (non-hydrogen) atoms. The number of phenolic OH excluding ortho intramolecular Hbond substituents is 2. The number of aromatic nitrogens is 6. The number of carbonyl (C=O) groups is 2. The predicted molar refractivity (Wildman–Crippen MR) is 244 cm³/mol. The summed E-state index contributed by atoms with van der Waals surface area (Å²) >= 11 is 0. The minimum absolute atomic E-state index is 0.154. The molecule has 9 rings (SSSR count). The highest BCUT2D eigenvalue weighted by molar-refractivity contribution is 5.93. The van der Waals surface area contributed by atoms with Crippen LogP contribution in [-0.4, -0.2) is 65.6 Å². The van der Waals surface area contributed by atoms with Crippen molar-refractivity contribution in [3.05, 3.63) is 193 Å². The highest BCUT2D eigenvalue weighted by Crippen LogP contribution is 2.34. The monoisotopic (exact) mass is 872 g/mol. The van der Waals surface area contributed by atoms with Gasteiger partial charge in [0.1, 0.15) is 23.0 Å². The summed E-state index contributed by atoms with van der Waals surface area (Å²) < 4.78 is 21.8. The van der Waals surface area contributed by atoms with E-state index in [1.807, 2.05) is 121 Å². The molecule has 0 spiro atoms. The molecule has 14 heteroatoms. The van der Waals surface area contributed by atoms with Gasteiger partial charge < -0.3 is 29.2 Å². The number of phenols is 2. The smallest absolute Gasteiger partial charge is 0.340 e. The second kappa shape index (κ2) is 19.4. The van der Waals surface area contributed by atoms with Crippen molar-refractivity contribution >= 4 is 11.9 Å². The summed E-state index contributed by atoms with van der Waals surface area (Å²) in [6.07, 6.45) is 0. The molecule has 0 unspecified atom stereocenters. The molecule has 14 nitrogen and oxygen atoms in total. The van der Waals surface area contributed by atoms with Gasteiger partial charge in [-0.05, 0) is 48.5 Å². The van der Waals surface area contributed by atoms with Crippen LogP contribution >= 0.6 is 0 Å². The molecule has 0 aliphatic carbocycles. The van der Waals surface area contributed by atoms with E-state index in [0.717, 1.165) is 22.3 Å². The number of nitrogens with zero attached hydrogens (tertiary/aromatic N) is 6. The third-order valence-electron chi connectivity index (χ3n) is 10.0. The second-order valence-electron chi connectivity index (χ2n) is 14.4. The maximum atomic E-state index is 12.8. The highest BCUT2D eigenvalue weighted by atomic mass is 16.7. The fourth-order valence-electron chi connectivity index (χ4n) is 6.65. The van der Waals surface area contributed by atoms with Crippen LogP contribution in [0.1, 0.15) is 20.7 Å². The van der Waals surface area contributed by atoms with Gasteiger partial charge in [0.2, 0.25) is 13.6 Å². The van der Waals surface area contributed by atoms with E-state index in [9.17, 15) is 19.8 Å². The van der Waals surface area contributed by atoms with Crippen molar-refractivity contribution in [2.75, 3.05) is 13.6 Å². The van der Waals surface area contributed by atoms with Gasteiger partial charge in [-0.1, -0.05) is 121 Å². The Bertz CT molecular complexity index is 2820. The first-order chi connectivity index (χ1) is 32.3. The molecule has 0 saturated heterocycles. The molecule has 0 bridgehead atoms. The van der Waals surface area contributed by atoms with E-state index in [-0.39, 0.29) is 45.8 Å². The standard InChI is InChI=1S/C52H36N6O8/c59-43-29-39(25-27-41(43)49-55-45(33-13-5-1-6-14-33)53-46(56-49)34-15-7-2-8-16-34)63-31-65-51(61)37-21-23-38(24-22-37)52(62)66-32-64-40-26-28-42(44(60)30-40)50-57-47(35-17-9-3-10-18-35)54-48(58-50)36-19-11-4-12-20-36/h1-30,59-60H,31-32H2. The Morgan fingerprint density at radius 3 is 0.939 bits per heavy atom. The molecule has 322 valence electrons. The van der Waals surface area contributed by atoms with E-state index in [2.05, 4.69) is 29.9 Å². The molecule has 0 fully saturated rings. The zero-order valence-corrected chi connectivity index (χ0v) is 34.8. The van der Waals surface area contributed by atoms with Gasteiger partial charge in [-0.3, -0.25) is 0 Å². The molecule has 0 atom stereocenters. The molecular formula is C52H36N6O8. The molecule has 0 aliphatic heterocycles. The average Bonchev–Trinajstić information content (AvgIpc) is 3.37. The summed E-state index contributed by atoms with van der Waals surface area (Å²) in [6, 6.07) is 52.7. The zero-order valence-electron chi connectivity index (χ0n) is 34.8. The molecule has 2 heterocycles. The van der Waals surface area contributed by atoms with E-state index in [1.165, 1.54) is 36.4 Å². The lowest BCUT2D eigenvalue weighted by molar-refractivity contribution is 0.0139. The Morgan fingerprint density at radius 2 is 0.652 bits per heavy atom. The normalized spacial score (nSPS) is 10.8. The molecule has 0 amide bonds. The van der Waals surface area contributed by atoms with Crippen LogP contribution in [0.5, 0.6) is 23.0 Å². The molecule has 9 aromatic rings. The number of aromatic hydroxyl groups is 2. The number of carbonyl (C=O) groups excluding carboxylic acids is 2. The van der Waals surface area contributed by atoms with Crippen molar-refractivity contribution in [3.8, 4) is 91.3 Å². The zero-order chi connectivity index (χ0) is 45.2. The van der Waals surface area contributed by atoms with Gasteiger partial charge >= 0.3 is 11.9 Å². The number of rotatable bonds is 14. The Balaban J connectivity index is 0.784. The van der Waals surface area contributed by atoms with Crippen molar-refractivity contribution in [2.24, 2.45) is 0 Å². The lowest BCUT2D eigenvalue weighted by Gasteiger charge is -2.12. The van der Waals surface area contributed by atoms with Gasteiger partial charge in [0, 0.05) is 34.4 Å². The van der Waals surface area contributed by atoms with Gasteiger partial charge in [-0.2, -0.15) is 0 Å². The summed E-state index contributed by atoms with van der Waals surface area (Å²) in [7, 11) is 0. The summed E-state index contributed by atoms with van der Waals surface area (Å²) in [5.41, 5.74) is 4.16. The van der Waals surface area contributed by atoms with Gasteiger partial charge in [0.05, 0.1) is 22.3 Å². The summed E-state index contributed by atoms with van der Waals surface area (Å²) in [5.74, 6) is 1.03. The maximum absolute atomic E-state index is 12.8. The third kappa shape index (κ3) is 9.83. The topological polar surface area (TPSA) is 189 Å². The Kier molecular flexibility index (Phi) is 12.3. The van der Waals surface area contributed by atoms with E-state index in [4.69, 9.17) is 18.9 Å². The van der Waals surface area contributed by atoms with Crippen LogP contribution in [0.25, 0.3) is 68.3 Å². The van der Waals surface area contributed by atoms with Crippen LogP contribution in [-0.2, 0) is 9.47 Å². The van der Waals surface area contributed by atoms with E-state index in [1.54, 1.807) is 24.3 Å². The quantitative estimate of drug-likeness (QED) is 0.0776. The number of hydrogen-bond acceptors (Lipinski definition) is 14. The molecule has 7 aromatic carbocycles. The first-order valence-corrected chi connectivity index (χ1v) is 20.5. The van der Waals surface area contributed by atoms with Crippen LogP contribution in [0.3, 0.4) is 0 Å². The largest absolute Gasteiger partial charge is 0.507 e. The number of ether oxygens (including phenoxy) is 4. The minimum Gasteiger partial charge on any atom is -0.507 e. The van der Waals surface area contributed by atoms with Crippen LogP contribution in [0, 0.1) is 0 Å². The highest BCUT2D eigenvalue weighted by Gasteiger charge is 2.18. The van der Waals surface area contributed by atoms with Crippen LogP contribution in [0.2, 0.25) is 0 Å². The van der Waals surface area contributed by atoms with Crippen molar-refractivity contribution in [2.45, 2.75) is 0 Å². The minimum atomic E-state index is -0.709. The lowest BCUT2D eigenvalue weighted by Crippen LogP contribution is -2.12. The van der Waals surface area contributed by atoms with Gasteiger partial charge in [0.15, 0.2) is 34.9 Å². The van der Waals surface area contributed by atoms with E-state index >= 15 is 0 Å². The second-order valence-corrected chi connectivity index (χ2v) is 14.4. The first kappa shape index (κ1) is 42.0. The average molecular weight is 873 g/mol. The van der Waals surface area contributed by atoms with Crippen molar-refractivity contribution in [1.82, 2.24) is 29.9 Å².